The van der Waals surface area contributed by atoms with Gasteiger partial charge in [0.15, 0.2) is 6.54 Å². The number of nitrogens with one attached hydrogen (secondary N) is 1. The largest absolute Gasteiger partial charge is 0.506 e. The third kappa shape index (κ3) is 4.97. The van der Waals surface area contributed by atoms with Crippen LogP contribution in [0.4, 0.5) is 5.69 Å². The van der Waals surface area contributed by atoms with Crippen molar-refractivity contribution in [3.8, 4) is 0 Å². The fraction of sp³-hybridized carbons (Fsp3) is 0.214. The first-order valence-electron chi connectivity index (χ1n) is 12.2. The molecule has 1 aromatic heterocycles. The molecule has 2 aliphatic rings. The molecule has 3 N–H and O–H groups in total. The molecule has 38 heavy (non-hydrogen) atoms. The number of thioether (sulfide) groups is 1. The van der Waals surface area contributed by atoms with Crippen molar-refractivity contribution in [2.45, 2.75) is 31.2 Å². The van der Waals surface area contributed by atoms with E-state index in [0.29, 0.717) is 24.5 Å². The molecular weight excluding hydrogens is 522 g/mol. The summed E-state index contributed by atoms with van der Waals surface area (Å²) in [6.45, 7) is 3.03. The smallest absolute Gasteiger partial charge is 0.309 e. The number of amides is 1. The van der Waals surface area contributed by atoms with E-state index in [4.69, 9.17) is 0 Å². The summed E-state index contributed by atoms with van der Waals surface area (Å²) in [5.74, 6) is -1.29. The van der Waals surface area contributed by atoms with Gasteiger partial charge in [-0.25, -0.2) is 0 Å². The summed E-state index contributed by atoms with van der Waals surface area (Å²) in [6, 6.07) is 15.5. The molecule has 0 unspecified atom stereocenters. The Morgan fingerprint density at radius 2 is 1.87 bits per heavy atom. The van der Waals surface area contributed by atoms with Crippen LogP contribution in [0.2, 0.25) is 0 Å². The minimum atomic E-state index is -0.906. The van der Waals surface area contributed by atoms with Crippen molar-refractivity contribution in [1.82, 2.24) is 5.32 Å². The number of nitrogens with zero attached hydrogens (tertiary/aromatic N) is 2. The molecule has 2 heterocycles. The van der Waals surface area contributed by atoms with E-state index in [1.807, 2.05) is 58.0 Å². The molecule has 0 saturated carbocycles. The third-order valence-corrected chi connectivity index (χ3v) is 8.56. The van der Waals surface area contributed by atoms with Crippen molar-refractivity contribution < 1.29 is 29.2 Å². The van der Waals surface area contributed by atoms with Crippen LogP contribution >= 0.6 is 23.1 Å². The molecule has 1 aliphatic heterocycles. The monoisotopic (exact) mass is 548 g/mol. The predicted molar refractivity (Wildman–Crippen MR) is 148 cm³/mol. The van der Waals surface area contributed by atoms with Crippen LogP contribution in [0, 0.1) is 0 Å². The lowest BCUT2D eigenvalue weighted by Crippen LogP contribution is -2.36. The number of carbonyl (C=O) groups excluding carboxylic acids is 2. The molecule has 0 radical (unpaired) electrons. The van der Waals surface area contributed by atoms with E-state index in [2.05, 4.69) is 5.32 Å². The van der Waals surface area contributed by atoms with Crippen molar-refractivity contribution in [2.75, 3.05) is 18.0 Å². The fourth-order valence-corrected chi connectivity index (χ4v) is 6.64. The second kappa shape index (κ2) is 10.8. The lowest BCUT2D eigenvalue weighted by molar-refractivity contribution is -0.667. The van der Waals surface area contributed by atoms with Crippen molar-refractivity contribution in [3.63, 3.8) is 0 Å². The average molecular weight is 549 g/mol. The minimum absolute atomic E-state index is 0.0261. The van der Waals surface area contributed by atoms with E-state index in [-0.39, 0.29) is 41.6 Å². The molecule has 0 atom stereocenters. The number of aliphatic carboxylic acids is 1. The lowest BCUT2D eigenvalue weighted by atomic mass is 9.88. The molecule has 0 bridgehead atoms. The number of aliphatic hydroxyl groups is 1. The van der Waals surface area contributed by atoms with Crippen molar-refractivity contribution in [3.05, 3.63) is 81.5 Å². The van der Waals surface area contributed by atoms with Gasteiger partial charge in [0.1, 0.15) is 16.9 Å². The molecule has 3 aromatic rings. The number of allylic oxidation sites excluding steroid dienone is 3. The van der Waals surface area contributed by atoms with E-state index in [0.717, 1.165) is 25.8 Å². The average Bonchev–Trinajstić information content (AvgIpc) is 3.46. The lowest BCUT2D eigenvalue weighted by Gasteiger charge is -2.23. The van der Waals surface area contributed by atoms with Crippen molar-refractivity contribution in [1.29, 1.82) is 0 Å². The number of rotatable bonds is 9. The number of carboxylic acids is 1. The number of benzene rings is 2. The summed E-state index contributed by atoms with van der Waals surface area (Å²) < 4.78 is 2.83. The molecule has 1 aliphatic carbocycles. The van der Waals surface area contributed by atoms with Gasteiger partial charge in [-0.2, -0.15) is 4.57 Å². The number of para-hydroxylation sites is 2. The number of thiazole rings is 1. The number of anilines is 1. The van der Waals surface area contributed by atoms with E-state index < -0.39 is 5.97 Å². The normalized spacial score (nSPS) is 16.9. The number of aryl methyl sites for hydroxylation is 1. The number of carbonyl (C=O) groups is 3. The van der Waals surface area contributed by atoms with Crippen LogP contribution in [0.15, 0.2) is 81.4 Å². The van der Waals surface area contributed by atoms with Crippen molar-refractivity contribution >= 4 is 62.7 Å². The van der Waals surface area contributed by atoms with E-state index in [1.54, 1.807) is 19.1 Å². The summed E-state index contributed by atoms with van der Waals surface area (Å²) in [6.07, 6.45) is 3.70. The van der Waals surface area contributed by atoms with Gasteiger partial charge in [-0.05, 0) is 24.3 Å². The Kier molecular flexibility index (Phi) is 7.35. The Morgan fingerprint density at radius 1 is 1.11 bits per heavy atom. The number of aromatic nitrogens is 1. The van der Waals surface area contributed by atoms with Gasteiger partial charge in [0.05, 0.1) is 21.9 Å². The zero-order valence-corrected chi connectivity index (χ0v) is 22.3. The number of ketones is 1. The van der Waals surface area contributed by atoms with Crippen LogP contribution in [-0.4, -0.2) is 41.0 Å². The van der Waals surface area contributed by atoms with Crippen LogP contribution in [0.5, 0.6) is 0 Å². The standard InChI is InChI=1S/C28H25N3O5S2/c1-2-23(32)29-12-14-31-20-8-4-6-10-22(20)38-25(31)16-18-27(35)17(28(18)36)15-24-30(13-11-26(33)34)19-7-3-5-9-21(19)37-24/h3-10,15-16H,2,11-14H2,1H3,(H2-,29,32,33,34,35,36)/p+1. The molecule has 194 valence electrons. The maximum absolute atomic E-state index is 13.2. The number of hydrogen-bond donors (Lipinski definition) is 3. The Balaban J connectivity index is 1.45. The van der Waals surface area contributed by atoms with Gasteiger partial charge < -0.3 is 20.4 Å². The fourth-order valence-electron chi connectivity index (χ4n) is 4.38. The second-order valence-corrected chi connectivity index (χ2v) is 10.9. The summed E-state index contributed by atoms with van der Waals surface area (Å²) >= 11 is 2.95. The van der Waals surface area contributed by atoms with E-state index in [1.165, 1.54) is 23.1 Å². The first kappa shape index (κ1) is 25.7. The highest BCUT2D eigenvalue weighted by molar-refractivity contribution is 8.03. The Labute approximate surface area is 227 Å². The third-order valence-electron chi connectivity index (χ3n) is 6.34. The predicted octanol–water partition coefficient (Wildman–Crippen LogP) is 4.42. The highest BCUT2D eigenvalue weighted by Crippen LogP contribution is 2.47. The van der Waals surface area contributed by atoms with Crippen LogP contribution < -0.4 is 14.8 Å². The molecule has 0 saturated heterocycles. The van der Waals surface area contributed by atoms with Crippen LogP contribution in [0.3, 0.4) is 0 Å². The quantitative estimate of drug-likeness (QED) is 0.268. The summed E-state index contributed by atoms with van der Waals surface area (Å²) in [7, 11) is 0. The number of hydrogen-bond acceptors (Lipinski definition) is 7. The molecule has 0 spiro atoms. The maximum atomic E-state index is 13.2. The van der Waals surface area contributed by atoms with Gasteiger partial charge in [0.25, 0.3) is 5.01 Å². The summed E-state index contributed by atoms with van der Waals surface area (Å²) in [5, 5.41) is 24.5. The zero-order chi connectivity index (χ0) is 26.8. The molecule has 0 fully saturated rings. The zero-order valence-electron chi connectivity index (χ0n) is 20.6. The first-order chi connectivity index (χ1) is 18.4. The van der Waals surface area contributed by atoms with Gasteiger partial charge in [0.2, 0.25) is 17.2 Å². The second-order valence-electron chi connectivity index (χ2n) is 8.76. The van der Waals surface area contributed by atoms with E-state index in [9.17, 15) is 24.6 Å². The minimum Gasteiger partial charge on any atom is -0.506 e. The number of carboxylic acid groups (broad SMARTS) is 1. The highest BCUT2D eigenvalue weighted by atomic mass is 32.2. The van der Waals surface area contributed by atoms with Gasteiger partial charge in [0, 0.05) is 36.5 Å². The molecule has 10 heteroatoms. The van der Waals surface area contributed by atoms with Gasteiger partial charge in [-0.1, -0.05) is 54.3 Å². The van der Waals surface area contributed by atoms with Crippen LogP contribution in [-0.2, 0) is 20.9 Å². The molecule has 1 amide bonds. The van der Waals surface area contributed by atoms with Gasteiger partial charge >= 0.3 is 5.97 Å². The van der Waals surface area contributed by atoms with Gasteiger partial charge in [-0.3, -0.25) is 14.4 Å². The van der Waals surface area contributed by atoms with E-state index >= 15 is 0 Å². The molecule has 8 nitrogen and oxygen atoms in total. The summed E-state index contributed by atoms with van der Waals surface area (Å²) in [4.78, 5) is 39.1. The first-order valence-corrected chi connectivity index (χ1v) is 13.9. The van der Waals surface area contributed by atoms with Crippen molar-refractivity contribution in [2.24, 2.45) is 0 Å². The Morgan fingerprint density at radius 3 is 2.63 bits per heavy atom. The number of aliphatic hydroxyl groups excluding tert-OH is 1. The topological polar surface area (TPSA) is 111 Å². The number of fused-ring (bicyclic) bond motifs is 2. The van der Waals surface area contributed by atoms with Crippen LogP contribution in [0.1, 0.15) is 24.8 Å². The Bertz CT molecular complexity index is 1550. The number of Topliss-reactive ketones (excluding diaryl/α,β-unsaturated/α-hetero) is 1. The molecular formula is C28H26N3O5S2+. The van der Waals surface area contributed by atoms with Gasteiger partial charge in [-0.15, -0.1) is 0 Å². The SMILES string of the molecule is CCC(=O)NCCN1/C(=C/C2=C(O)C(=C\c3sc4ccccc4[n+]3CCC(=O)O)/C2=O)Sc2ccccc21. The summed E-state index contributed by atoms with van der Waals surface area (Å²) in [5.41, 5.74) is 2.30. The Hall–Kier alpha value is -3.89. The highest BCUT2D eigenvalue weighted by Gasteiger charge is 2.36. The molecule has 2 aromatic carbocycles. The molecule has 5 rings (SSSR count). The van der Waals surface area contributed by atoms with Crippen LogP contribution in [0.25, 0.3) is 16.3 Å². The maximum Gasteiger partial charge on any atom is 0.309 e.